The van der Waals surface area contributed by atoms with E-state index in [-0.39, 0.29) is 11.9 Å². The second-order valence-electron chi connectivity index (χ2n) is 9.67. The topological polar surface area (TPSA) is 169 Å². The number of aliphatic hydroxyl groups is 2. The minimum absolute atomic E-state index is 0.0786. The molecular weight excluding hydrogens is 490 g/mol. The van der Waals surface area contributed by atoms with Gasteiger partial charge in [0.1, 0.15) is 35.8 Å². The fourth-order valence-electron chi connectivity index (χ4n) is 5.24. The van der Waals surface area contributed by atoms with Crippen molar-refractivity contribution in [3.63, 3.8) is 0 Å². The standard InChI is InChI=1S/C25H29N9O4/c1-32-9-7-16(31-32)15-12-34(23-18(15)22(26)28-13-29-23)25-20(36)19(35)21(38-25)24(37)30-14-5-10-33(11-6-14)17-4-2-3-8-27-17/h2-4,7-9,12-14,19-21,25,35-36H,5-6,10-11H2,1H3,(H,30,37)(H2,26,28,29)/t19-,20+,21-,25+/m0/s1. The Hall–Kier alpha value is -4.07. The van der Waals surface area contributed by atoms with Crippen LogP contribution in [-0.2, 0) is 16.6 Å². The Morgan fingerprint density at radius 1 is 1.13 bits per heavy atom. The smallest absolute Gasteiger partial charge is 0.252 e. The summed E-state index contributed by atoms with van der Waals surface area (Å²) in [5, 5.41) is 29.7. The summed E-state index contributed by atoms with van der Waals surface area (Å²) in [5.41, 5.74) is 7.86. The van der Waals surface area contributed by atoms with Gasteiger partial charge in [-0.3, -0.25) is 9.48 Å². The predicted octanol–water partition coefficient (Wildman–Crippen LogP) is 0.213. The number of amides is 1. The number of hydrogen-bond acceptors (Lipinski definition) is 10. The van der Waals surface area contributed by atoms with Crippen LogP contribution in [0.4, 0.5) is 11.6 Å². The van der Waals surface area contributed by atoms with Gasteiger partial charge in [-0.25, -0.2) is 15.0 Å². The van der Waals surface area contributed by atoms with Crippen molar-refractivity contribution >= 4 is 28.6 Å². The summed E-state index contributed by atoms with van der Waals surface area (Å²) in [4.78, 5) is 28.2. The lowest BCUT2D eigenvalue weighted by Gasteiger charge is -2.33. The molecule has 38 heavy (non-hydrogen) atoms. The van der Waals surface area contributed by atoms with E-state index < -0.39 is 30.4 Å². The van der Waals surface area contributed by atoms with Crippen molar-refractivity contribution < 1.29 is 19.7 Å². The molecule has 13 heteroatoms. The number of carbonyl (C=O) groups is 1. The Kier molecular flexibility index (Phi) is 6.18. The molecule has 0 spiro atoms. The Morgan fingerprint density at radius 3 is 2.66 bits per heavy atom. The van der Waals surface area contributed by atoms with E-state index in [1.807, 2.05) is 24.3 Å². The molecule has 2 aliphatic rings. The molecule has 2 aliphatic heterocycles. The predicted molar refractivity (Wildman–Crippen MR) is 138 cm³/mol. The quantitative estimate of drug-likeness (QED) is 0.286. The number of aryl methyl sites for hydroxylation is 1. The maximum Gasteiger partial charge on any atom is 0.252 e. The number of carbonyl (C=O) groups excluding carboxylic acids is 1. The van der Waals surface area contributed by atoms with Crippen LogP contribution < -0.4 is 16.0 Å². The van der Waals surface area contributed by atoms with Gasteiger partial charge in [-0.2, -0.15) is 5.10 Å². The van der Waals surface area contributed by atoms with Crippen molar-refractivity contribution in [3.8, 4) is 11.3 Å². The van der Waals surface area contributed by atoms with Crippen molar-refractivity contribution in [3.05, 3.63) is 49.2 Å². The maximum atomic E-state index is 13.1. The summed E-state index contributed by atoms with van der Waals surface area (Å²) >= 11 is 0. The first kappa shape index (κ1) is 24.3. The number of rotatable bonds is 5. The van der Waals surface area contributed by atoms with E-state index in [4.69, 9.17) is 10.5 Å². The molecule has 4 aromatic rings. The lowest BCUT2D eigenvalue weighted by molar-refractivity contribution is -0.138. The zero-order valence-electron chi connectivity index (χ0n) is 20.8. The Morgan fingerprint density at radius 2 is 1.95 bits per heavy atom. The van der Waals surface area contributed by atoms with Crippen LogP contribution in [0.1, 0.15) is 19.1 Å². The van der Waals surface area contributed by atoms with E-state index in [1.165, 1.54) is 6.33 Å². The number of hydrogen-bond donors (Lipinski definition) is 4. The molecule has 6 rings (SSSR count). The van der Waals surface area contributed by atoms with E-state index in [0.717, 1.165) is 31.7 Å². The highest BCUT2D eigenvalue weighted by Crippen LogP contribution is 2.38. The van der Waals surface area contributed by atoms with Gasteiger partial charge < -0.3 is 35.5 Å². The molecule has 198 valence electrons. The SMILES string of the molecule is Cn1ccc(-c2cn([C@@H]3O[C@H](C(=O)NC4CCN(c5ccccn5)CC4)[C@@H](O)[C@H]3O)c3ncnc(N)c23)n1. The lowest BCUT2D eigenvalue weighted by atomic mass is 10.0. The third-order valence-electron chi connectivity index (χ3n) is 7.21. The Labute approximate surface area is 217 Å². The monoisotopic (exact) mass is 519 g/mol. The normalized spacial score (nSPS) is 24.2. The second-order valence-corrected chi connectivity index (χ2v) is 9.67. The van der Waals surface area contributed by atoms with Gasteiger partial charge in [-0.05, 0) is 31.0 Å². The summed E-state index contributed by atoms with van der Waals surface area (Å²) < 4.78 is 9.20. The summed E-state index contributed by atoms with van der Waals surface area (Å²) in [6.07, 6.45) is 2.90. The molecule has 4 aromatic heterocycles. The molecule has 5 N–H and O–H groups in total. The molecule has 0 aliphatic carbocycles. The number of piperidine rings is 1. The number of nitrogens with two attached hydrogens (primary N) is 1. The van der Waals surface area contributed by atoms with Gasteiger partial charge in [-0.15, -0.1) is 0 Å². The van der Waals surface area contributed by atoms with Crippen molar-refractivity contribution in [2.45, 2.75) is 43.4 Å². The van der Waals surface area contributed by atoms with Crippen molar-refractivity contribution in [2.75, 3.05) is 23.7 Å². The maximum absolute atomic E-state index is 13.1. The minimum Gasteiger partial charge on any atom is -0.387 e. The number of ether oxygens (including phenoxy) is 1. The third-order valence-corrected chi connectivity index (χ3v) is 7.21. The molecule has 0 radical (unpaired) electrons. The molecule has 4 atom stereocenters. The number of aliphatic hydroxyl groups excluding tert-OH is 2. The molecule has 1 amide bonds. The van der Waals surface area contributed by atoms with E-state index in [0.29, 0.717) is 22.3 Å². The molecule has 0 aromatic carbocycles. The van der Waals surface area contributed by atoms with Gasteiger partial charge in [0.25, 0.3) is 5.91 Å². The molecule has 2 fully saturated rings. The minimum atomic E-state index is -1.43. The molecule has 6 heterocycles. The molecule has 13 nitrogen and oxygen atoms in total. The summed E-state index contributed by atoms with van der Waals surface area (Å²) in [6, 6.07) is 7.53. The van der Waals surface area contributed by atoms with E-state index in [2.05, 4.69) is 30.3 Å². The first-order valence-electron chi connectivity index (χ1n) is 12.5. The average Bonchev–Trinajstić information content (AvgIpc) is 3.61. The average molecular weight is 520 g/mol. The third kappa shape index (κ3) is 4.23. The Bertz CT molecular complexity index is 1450. The van der Waals surface area contributed by atoms with Gasteiger partial charge in [0.15, 0.2) is 12.3 Å². The number of nitrogens with one attached hydrogen (secondary N) is 1. The van der Waals surface area contributed by atoms with Crippen LogP contribution in [0.15, 0.2) is 49.2 Å². The molecule has 0 saturated carbocycles. The Balaban J connectivity index is 1.19. The molecular formula is C25H29N9O4. The largest absolute Gasteiger partial charge is 0.387 e. The second kappa shape index (κ2) is 9.67. The van der Waals surface area contributed by atoms with Crippen molar-refractivity contribution in [1.29, 1.82) is 0 Å². The molecule has 0 bridgehead atoms. The van der Waals surface area contributed by atoms with E-state index in [9.17, 15) is 15.0 Å². The van der Waals surface area contributed by atoms with Crippen LogP contribution in [0.5, 0.6) is 0 Å². The fraction of sp³-hybridized carbons (Fsp3) is 0.400. The highest BCUT2D eigenvalue weighted by Gasteiger charge is 2.48. The van der Waals surface area contributed by atoms with Crippen LogP contribution in [0.3, 0.4) is 0 Å². The number of anilines is 2. The summed E-state index contributed by atoms with van der Waals surface area (Å²) in [7, 11) is 1.80. The van der Waals surface area contributed by atoms with Gasteiger partial charge in [0.05, 0.1) is 11.1 Å². The fourth-order valence-corrected chi connectivity index (χ4v) is 5.24. The number of pyridine rings is 1. The summed E-state index contributed by atoms with van der Waals surface area (Å²) in [5.74, 6) is 0.686. The number of nitrogens with zero attached hydrogens (tertiary/aromatic N) is 7. The zero-order chi connectivity index (χ0) is 26.4. The highest BCUT2D eigenvalue weighted by atomic mass is 16.6. The highest BCUT2D eigenvalue weighted by molar-refractivity contribution is 5.99. The summed E-state index contributed by atoms with van der Waals surface area (Å²) in [6.45, 7) is 1.49. The first-order chi connectivity index (χ1) is 18.4. The zero-order valence-corrected chi connectivity index (χ0v) is 20.8. The van der Waals surface area contributed by atoms with Gasteiger partial charge in [-0.1, -0.05) is 6.07 Å². The number of fused-ring (bicyclic) bond motifs is 1. The van der Waals surface area contributed by atoms with Crippen molar-refractivity contribution in [2.24, 2.45) is 7.05 Å². The van der Waals surface area contributed by atoms with Crippen molar-refractivity contribution in [1.82, 2.24) is 34.6 Å². The molecule has 0 unspecified atom stereocenters. The van der Waals surface area contributed by atoms with Crippen LogP contribution in [0.25, 0.3) is 22.3 Å². The van der Waals surface area contributed by atoms with Gasteiger partial charge in [0, 0.05) is 50.3 Å². The van der Waals surface area contributed by atoms with Gasteiger partial charge in [0.2, 0.25) is 0 Å². The van der Waals surface area contributed by atoms with E-state index >= 15 is 0 Å². The number of nitrogen functional groups attached to an aromatic ring is 1. The van der Waals surface area contributed by atoms with Crippen LogP contribution >= 0.6 is 0 Å². The van der Waals surface area contributed by atoms with Crippen LogP contribution in [0.2, 0.25) is 0 Å². The molecule has 2 saturated heterocycles. The first-order valence-corrected chi connectivity index (χ1v) is 12.5. The lowest BCUT2D eigenvalue weighted by Crippen LogP contribution is -2.50. The van der Waals surface area contributed by atoms with Crippen LogP contribution in [0, 0.1) is 0 Å². The van der Waals surface area contributed by atoms with Crippen LogP contribution in [-0.4, -0.2) is 82.9 Å². The number of aromatic nitrogens is 6. The van der Waals surface area contributed by atoms with Gasteiger partial charge >= 0.3 is 0 Å². The van der Waals surface area contributed by atoms with E-state index in [1.54, 1.807) is 34.9 Å².